The van der Waals surface area contributed by atoms with Crippen molar-refractivity contribution in [2.24, 2.45) is 7.05 Å². The van der Waals surface area contributed by atoms with Crippen LogP contribution in [0.3, 0.4) is 0 Å². The second-order valence-electron chi connectivity index (χ2n) is 6.74. The average molecular weight is 360 g/mol. The van der Waals surface area contributed by atoms with Gasteiger partial charge in [0, 0.05) is 32.3 Å². The predicted molar refractivity (Wildman–Crippen MR) is 102 cm³/mol. The maximum Gasteiger partial charge on any atom is 0.350 e. The van der Waals surface area contributed by atoms with Crippen LogP contribution in [-0.2, 0) is 7.05 Å². The molecule has 0 saturated carbocycles. The highest BCUT2D eigenvalue weighted by Gasteiger charge is 2.28. The largest absolute Gasteiger partial charge is 0.356 e. The molecule has 0 aliphatic carbocycles. The smallest absolute Gasteiger partial charge is 0.350 e. The number of aryl methyl sites for hydroxylation is 1. The summed E-state index contributed by atoms with van der Waals surface area (Å²) >= 11 is 0. The first-order valence-corrected chi connectivity index (χ1v) is 9.00. The Balaban J connectivity index is 1.69. The van der Waals surface area contributed by atoms with Gasteiger partial charge in [0.2, 0.25) is 0 Å². The fourth-order valence-electron chi connectivity index (χ4n) is 3.62. The fraction of sp³-hybridized carbons (Fsp3) is 0.300. The van der Waals surface area contributed by atoms with Gasteiger partial charge in [-0.25, -0.2) is 19.0 Å². The summed E-state index contributed by atoms with van der Waals surface area (Å²) in [4.78, 5) is 19.3. The highest BCUT2D eigenvalue weighted by atomic mass is 16.2. The van der Waals surface area contributed by atoms with E-state index in [-0.39, 0.29) is 11.6 Å². The third kappa shape index (κ3) is 3.22. The van der Waals surface area contributed by atoms with E-state index >= 15 is 0 Å². The molecule has 1 aliphatic rings. The minimum Gasteiger partial charge on any atom is -0.356 e. The Hall–Kier alpha value is -3.40. The van der Waals surface area contributed by atoms with E-state index in [1.807, 2.05) is 36.4 Å². The number of hydrogen-bond donors (Lipinski definition) is 0. The first kappa shape index (κ1) is 17.0. The standard InChI is InChI=1S/C20H20N6O/c1-24-20(27)26(17-7-3-2-4-8-17)19(23-24)16-6-5-11-25(14-16)18-12-15(13-21)9-10-22-18/h2-4,7-10,12,16H,5-6,11,14H2,1H3/t16-/m0/s1. The van der Waals surface area contributed by atoms with E-state index in [9.17, 15) is 4.79 Å². The van der Waals surface area contributed by atoms with Crippen LogP contribution in [0, 0.1) is 11.3 Å². The van der Waals surface area contributed by atoms with E-state index < -0.39 is 0 Å². The Labute approximate surface area is 157 Å². The zero-order valence-corrected chi connectivity index (χ0v) is 15.1. The Kier molecular flexibility index (Phi) is 4.47. The first-order chi connectivity index (χ1) is 13.2. The van der Waals surface area contributed by atoms with Crippen molar-refractivity contribution in [3.8, 4) is 11.8 Å². The summed E-state index contributed by atoms with van der Waals surface area (Å²) in [5.74, 6) is 1.68. The molecule has 4 rings (SSSR count). The molecule has 3 heterocycles. The van der Waals surface area contributed by atoms with Crippen molar-refractivity contribution >= 4 is 5.82 Å². The number of aromatic nitrogens is 4. The van der Waals surface area contributed by atoms with Gasteiger partial charge < -0.3 is 4.90 Å². The average Bonchev–Trinajstić information content (AvgIpc) is 3.03. The summed E-state index contributed by atoms with van der Waals surface area (Å²) in [7, 11) is 1.68. The number of rotatable bonds is 3. The lowest BCUT2D eigenvalue weighted by molar-refractivity contribution is 0.480. The van der Waals surface area contributed by atoms with Crippen molar-refractivity contribution in [3.05, 3.63) is 70.5 Å². The Morgan fingerprint density at radius 3 is 2.81 bits per heavy atom. The van der Waals surface area contributed by atoms with Gasteiger partial charge in [0.15, 0.2) is 0 Å². The number of nitriles is 1. The van der Waals surface area contributed by atoms with Gasteiger partial charge in [-0.15, -0.1) is 0 Å². The summed E-state index contributed by atoms with van der Waals surface area (Å²) in [5.41, 5.74) is 1.28. The molecule has 0 N–H and O–H groups in total. The van der Waals surface area contributed by atoms with Crippen molar-refractivity contribution in [1.29, 1.82) is 5.26 Å². The van der Waals surface area contributed by atoms with Gasteiger partial charge in [0.05, 0.1) is 17.3 Å². The van der Waals surface area contributed by atoms with Gasteiger partial charge in [-0.05, 0) is 37.1 Å². The Bertz CT molecular complexity index is 1050. The minimum absolute atomic E-state index is 0.111. The molecule has 0 amide bonds. The molecule has 27 heavy (non-hydrogen) atoms. The molecule has 1 aromatic carbocycles. The molecule has 0 radical (unpaired) electrons. The Morgan fingerprint density at radius 2 is 2.04 bits per heavy atom. The van der Waals surface area contributed by atoms with Crippen molar-refractivity contribution < 1.29 is 0 Å². The third-order valence-corrected chi connectivity index (χ3v) is 4.95. The summed E-state index contributed by atoms with van der Waals surface area (Å²) in [6.45, 7) is 1.59. The van der Waals surface area contributed by atoms with Gasteiger partial charge in [-0.2, -0.15) is 10.4 Å². The number of anilines is 1. The molecule has 7 heteroatoms. The monoisotopic (exact) mass is 360 g/mol. The quantitative estimate of drug-likeness (QED) is 0.715. The van der Waals surface area contributed by atoms with E-state index in [0.717, 1.165) is 36.7 Å². The lowest BCUT2D eigenvalue weighted by Crippen LogP contribution is -2.36. The Morgan fingerprint density at radius 1 is 1.22 bits per heavy atom. The molecule has 1 saturated heterocycles. The van der Waals surface area contributed by atoms with Crippen LogP contribution in [0.1, 0.15) is 30.1 Å². The van der Waals surface area contributed by atoms with Crippen LogP contribution in [0.2, 0.25) is 0 Å². The zero-order chi connectivity index (χ0) is 18.8. The minimum atomic E-state index is -0.141. The molecule has 1 fully saturated rings. The molecule has 1 aliphatic heterocycles. The molecule has 2 aromatic heterocycles. The van der Waals surface area contributed by atoms with Crippen molar-refractivity contribution in [2.75, 3.05) is 18.0 Å². The van der Waals surface area contributed by atoms with Gasteiger partial charge in [0.1, 0.15) is 11.6 Å². The molecule has 0 bridgehead atoms. The van der Waals surface area contributed by atoms with E-state index in [4.69, 9.17) is 5.26 Å². The van der Waals surface area contributed by atoms with Crippen LogP contribution in [0.5, 0.6) is 0 Å². The molecule has 3 aromatic rings. The first-order valence-electron chi connectivity index (χ1n) is 9.00. The SMILES string of the molecule is Cn1nc([C@H]2CCCN(c3cc(C#N)ccn3)C2)n(-c2ccccc2)c1=O. The molecule has 136 valence electrons. The van der Waals surface area contributed by atoms with Gasteiger partial charge in [-0.3, -0.25) is 0 Å². The highest BCUT2D eigenvalue weighted by Crippen LogP contribution is 2.29. The second kappa shape index (κ2) is 7.08. The molecule has 7 nitrogen and oxygen atoms in total. The predicted octanol–water partition coefficient (Wildman–Crippen LogP) is 2.22. The normalized spacial score (nSPS) is 16.9. The van der Waals surface area contributed by atoms with Gasteiger partial charge >= 0.3 is 5.69 Å². The molecule has 0 spiro atoms. The second-order valence-corrected chi connectivity index (χ2v) is 6.74. The lowest BCUT2D eigenvalue weighted by Gasteiger charge is -2.33. The summed E-state index contributed by atoms with van der Waals surface area (Å²) in [5, 5.41) is 13.7. The number of benzene rings is 1. The van der Waals surface area contributed by atoms with Crippen LogP contribution in [0.4, 0.5) is 5.82 Å². The molecule has 1 atom stereocenters. The lowest BCUT2D eigenvalue weighted by atomic mass is 9.97. The third-order valence-electron chi connectivity index (χ3n) is 4.95. The van der Waals surface area contributed by atoms with Crippen molar-refractivity contribution in [2.45, 2.75) is 18.8 Å². The van der Waals surface area contributed by atoms with E-state index in [1.54, 1.807) is 23.9 Å². The summed E-state index contributed by atoms with van der Waals surface area (Å²) < 4.78 is 3.10. The highest BCUT2D eigenvalue weighted by molar-refractivity contribution is 5.46. The number of nitrogens with zero attached hydrogens (tertiary/aromatic N) is 6. The van der Waals surface area contributed by atoms with Crippen LogP contribution < -0.4 is 10.6 Å². The van der Waals surface area contributed by atoms with Gasteiger partial charge in [0.25, 0.3) is 0 Å². The van der Waals surface area contributed by atoms with Crippen molar-refractivity contribution in [1.82, 2.24) is 19.3 Å². The number of piperidine rings is 1. The molecular formula is C20H20N6O. The fourth-order valence-corrected chi connectivity index (χ4v) is 3.62. The zero-order valence-electron chi connectivity index (χ0n) is 15.1. The van der Waals surface area contributed by atoms with Crippen molar-refractivity contribution in [3.63, 3.8) is 0 Å². The molecule has 0 unspecified atom stereocenters. The maximum atomic E-state index is 12.7. The topological polar surface area (TPSA) is 79.7 Å². The van der Waals surface area contributed by atoms with Gasteiger partial charge in [-0.1, -0.05) is 18.2 Å². The molecular weight excluding hydrogens is 340 g/mol. The summed E-state index contributed by atoms with van der Waals surface area (Å²) in [6, 6.07) is 15.3. The van der Waals surface area contributed by atoms with Crippen LogP contribution >= 0.6 is 0 Å². The number of pyridine rings is 1. The summed E-state index contributed by atoms with van der Waals surface area (Å²) in [6.07, 6.45) is 3.60. The van der Waals surface area contributed by atoms with E-state index in [2.05, 4.69) is 21.1 Å². The number of hydrogen-bond acceptors (Lipinski definition) is 5. The van der Waals surface area contributed by atoms with E-state index in [1.165, 1.54) is 4.68 Å². The van der Waals surface area contributed by atoms with Crippen LogP contribution in [0.25, 0.3) is 5.69 Å². The van der Waals surface area contributed by atoms with Crippen LogP contribution in [0.15, 0.2) is 53.5 Å². The number of para-hydroxylation sites is 1. The maximum absolute atomic E-state index is 12.7. The van der Waals surface area contributed by atoms with E-state index in [0.29, 0.717) is 12.1 Å². The van der Waals surface area contributed by atoms with Crippen LogP contribution in [-0.4, -0.2) is 32.4 Å².